The first-order valence-corrected chi connectivity index (χ1v) is 9.23. The first-order chi connectivity index (χ1) is 11.8. The van der Waals surface area contributed by atoms with Crippen molar-refractivity contribution < 1.29 is 14.0 Å². The summed E-state index contributed by atoms with van der Waals surface area (Å²) in [5.41, 5.74) is 0.182. The molecule has 2 fully saturated rings. The number of nitrogens with one attached hydrogen (secondary N) is 1. The lowest BCUT2D eigenvalue weighted by atomic mass is 9.82. The van der Waals surface area contributed by atoms with Crippen molar-refractivity contribution in [2.45, 2.75) is 46.1 Å². The fourth-order valence-electron chi connectivity index (χ4n) is 4.17. The highest BCUT2D eigenvalue weighted by Gasteiger charge is 2.48. The van der Waals surface area contributed by atoms with E-state index in [1.165, 1.54) is 0 Å². The minimum Gasteiger partial charge on any atom is -0.466 e. The number of hydrogen-bond donors (Lipinski definition) is 1. The third-order valence-corrected chi connectivity index (χ3v) is 5.43. The van der Waals surface area contributed by atoms with E-state index in [0.29, 0.717) is 49.7 Å². The van der Waals surface area contributed by atoms with E-state index in [1.54, 1.807) is 6.07 Å². The summed E-state index contributed by atoms with van der Waals surface area (Å²) in [7, 11) is 0. The predicted octanol–water partition coefficient (Wildman–Crippen LogP) is 1.96. The highest BCUT2D eigenvalue weighted by atomic mass is 16.3. The van der Waals surface area contributed by atoms with Gasteiger partial charge in [-0.2, -0.15) is 0 Å². The summed E-state index contributed by atoms with van der Waals surface area (Å²) >= 11 is 0. The molecule has 6 nitrogen and oxygen atoms in total. The van der Waals surface area contributed by atoms with Crippen LogP contribution in [0.3, 0.4) is 0 Å². The average Bonchev–Trinajstić information content (AvgIpc) is 2.90. The van der Waals surface area contributed by atoms with Gasteiger partial charge < -0.3 is 14.6 Å². The minimum atomic E-state index is -0.458. The van der Waals surface area contributed by atoms with Gasteiger partial charge in [-0.3, -0.25) is 14.5 Å². The third-order valence-electron chi connectivity index (χ3n) is 5.43. The molecule has 0 aliphatic carbocycles. The molecular weight excluding hydrogens is 318 g/mol. The number of piperidine rings is 1. The van der Waals surface area contributed by atoms with Crippen molar-refractivity contribution in [3.05, 3.63) is 23.2 Å². The zero-order chi connectivity index (χ0) is 18.2. The van der Waals surface area contributed by atoms with Gasteiger partial charge in [-0.15, -0.1) is 0 Å². The molecular formula is C19H29N3O3. The maximum absolute atomic E-state index is 12.8. The minimum absolute atomic E-state index is 0.0100. The first-order valence-electron chi connectivity index (χ1n) is 9.23. The van der Waals surface area contributed by atoms with E-state index in [4.69, 9.17) is 4.42 Å². The monoisotopic (exact) mass is 347 g/mol. The van der Waals surface area contributed by atoms with Crippen LogP contribution in [0.2, 0.25) is 0 Å². The summed E-state index contributed by atoms with van der Waals surface area (Å²) in [5, 5.41) is 3.03. The Balaban J connectivity index is 1.73. The molecule has 1 N–H and O–H groups in total. The average molecular weight is 347 g/mol. The summed E-state index contributed by atoms with van der Waals surface area (Å²) in [5.74, 6) is 2.07. The first kappa shape index (κ1) is 18.0. The lowest BCUT2D eigenvalue weighted by Gasteiger charge is -2.50. The molecule has 0 bridgehead atoms. The van der Waals surface area contributed by atoms with Gasteiger partial charge in [0.25, 0.3) is 5.91 Å². The quantitative estimate of drug-likeness (QED) is 0.908. The van der Waals surface area contributed by atoms with Gasteiger partial charge in [0.05, 0.1) is 5.56 Å². The molecule has 3 heterocycles. The molecule has 6 heteroatoms. The van der Waals surface area contributed by atoms with Crippen molar-refractivity contribution in [1.82, 2.24) is 15.1 Å². The number of nitrogens with zero attached hydrogens (tertiary/aromatic N) is 2. The molecule has 2 aliphatic rings. The SMILES string of the molecule is Cc1cc(C(=O)N2CCC3(CC2)C(=O)NCCN3CC(C)C)c(C)o1. The van der Waals surface area contributed by atoms with E-state index in [2.05, 4.69) is 24.1 Å². The second kappa shape index (κ2) is 6.83. The Labute approximate surface area is 149 Å². The van der Waals surface area contributed by atoms with Crippen LogP contribution in [0.15, 0.2) is 10.5 Å². The molecule has 1 aromatic heterocycles. The van der Waals surface area contributed by atoms with E-state index < -0.39 is 5.54 Å². The van der Waals surface area contributed by atoms with Crippen molar-refractivity contribution in [3.63, 3.8) is 0 Å². The Morgan fingerprint density at radius 1 is 1.28 bits per heavy atom. The summed E-state index contributed by atoms with van der Waals surface area (Å²) < 4.78 is 5.49. The van der Waals surface area contributed by atoms with Gasteiger partial charge in [-0.25, -0.2) is 0 Å². The fraction of sp³-hybridized carbons (Fsp3) is 0.684. The van der Waals surface area contributed by atoms with Crippen molar-refractivity contribution in [2.75, 3.05) is 32.7 Å². The lowest BCUT2D eigenvalue weighted by molar-refractivity contribution is -0.141. The van der Waals surface area contributed by atoms with E-state index >= 15 is 0 Å². The molecule has 3 rings (SSSR count). The number of carbonyl (C=O) groups excluding carboxylic acids is 2. The molecule has 0 saturated carbocycles. The normalized spacial score (nSPS) is 21.0. The van der Waals surface area contributed by atoms with Gasteiger partial charge in [0.15, 0.2) is 0 Å². The Morgan fingerprint density at radius 3 is 2.52 bits per heavy atom. The summed E-state index contributed by atoms with van der Waals surface area (Å²) in [6.45, 7) is 11.8. The smallest absolute Gasteiger partial charge is 0.257 e. The number of rotatable bonds is 3. The molecule has 25 heavy (non-hydrogen) atoms. The molecule has 1 aromatic rings. The van der Waals surface area contributed by atoms with Crippen LogP contribution in [0.1, 0.15) is 48.6 Å². The summed E-state index contributed by atoms with van der Waals surface area (Å²) in [4.78, 5) is 29.7. The number of hydrogen-bond acceptors (Lipinski definition) is 4. The van der Waals surface area contributed by atoms with Gasteiger partial charge >= 0.3 is 0 Å². The maximum Gasteiger partial charge on any atom is 0.257 e. The van der Waals surface area contributed by atoms with E-state index in [9.17, 15) is 9.59 Å². The molecule has 1 spiro atoms. The zero-order valence-electron chi connectivity index (χ0n) is 15.7. The fourth-order valence-corrected chi connectivity index (χ4v) is 4.17. The second-order valence-corrected chi connectivity index (χ2v) is 7.75. The Bertz CT molecular complexity index is 657. The van der Waals surface area contributed by atoms with Crippen LogP contribution in [0.25, 0.3) is 0 Å². The van der Waals surface area contributed by atoms with Crippen LogP contribution in [-0.2, 0) is 4.79 Å². The predicted molar refractivity (Wildman–Crippen MR) is 95.5 cm³/mol. The van der Waals surface area contributed by atoms with Gasteiger partial charge in [0.1, 0.15) is 17.1 Å². The van der Waals surface area contributed by atoms with Gasteiger partial charge in [-0.1, -0.05) is 13.8 Å². The van der Waals surface area contributed by atoms with E-state index in [0.717, 1.165) is 18.8 Å². The van der Waals surface area contributed by atoms with Crippen molar-refractivity contribution in [1.29, 1.82) is 0 Å². The van der Waals surface area contributed by atoms with Crippen molar-refractivity contribution >= 4 is 11.8 Å². The van der Waals surface area contributed by atoms with Crippen LogP contribution in [0.5, 0.6) is 0 Å². The van der Waals surface area contributed by atoms with E-state index in [1.807, 2.05) is 18.7 Å². The molecule has 2 saturated heterocycles. The molecule has 0 atom stereocenters. The van der Waals surface area contributed by atoms with Gasteiger partial charge in [0, 0.05) is 32.7 Å². The highest BCUT2D eigenvalue weighted by molar-refractivity contribution is 5.96. The number of likely N-dealkylation sites (tertiary alicyclic amines) is 1. The number of piperazine rings is 1. The van der Waals surface area contributed by atoms with Crippen LogP contribution in [0, 0.1) is 19.8 Å². The van der Waals surface area contributed by atoms with Crippen LogP contribution < -0.4 is 5.32 Å². The van der Waals surface area contributed by atoms with Crippen LogP contribution in [-0.4, -0.2) is 59.9 Å². The summed E-state index contributed by atoms with van der Waals surface area (Å²) in [6, 6.07) is 1.81. The van der Waals surface area contributed by atoms with Crippen LogP contribution >= 0.6 is 0 Å². The van der Waals surface area contributed by atoms with E-state index in [-0.39, 0.29) is 11.8 Å². The largest absolute Gasteiger partial charge is 0.466 e. The molecule has 0 unspecified atom stereocenters. The number of aryl methyl sites for hydroxylation is 2. The number of amides is 2. The van der Waals surface area contributed by atoms with Gasteiger partial charge in [-0.05, 0) is 38.7 Å². The molecule has 138 valence electrons. The number of furan rings is 1. The standard InChI is InChI=1S/C19H29N3O3/c1-13(2)12-22-10-7-20-18(24)19(22)5-8-21(9-6-19)17(23)16-11-14(3)25-15(16)4/h11,13H,5-10,12H2,1-4H3,(H,20,24). The highest BCUT2D eigenvalue weighted by Crippen LogP contribution is 2.32. The third kappa shape index (κ3) is 3.32. The molecule has 0 aromatic carbocycles. The van der Waals surface area contributed by atoms with Gasteiger partial charge in [0.2, 0.25) is 5.91 Å². The Kier molecular flexibility index (Phi) is 4.91. The molecule has 2 aliphatic heterocycles. The second-order valence-electron chi connectivity index (χ2n) is 7.75. The van der Waals surface area contributed by atoms with Crippen molar-refractivity contribution in [2.24, 2.45) is 5.92 Å². The topological polar surface area (TPSA) is 65.8 Å². The van der Waals surface area contributed by atoms with Crippen molar-refractivity contribution in [3.8, 4) is 0 Å². The Hall–Kier alpha value is -1.82. The Morgan fingerprint density at radius 2 is 1.96 bits per heavy atom. The lowest BCUT2D eigenvalue weighted by Crippen LogP contribution is -2.68. The maximum atomic E-state index is 12.8. The van der Waals surface area contributed by atoms with Crippen LogP contribution in [0.4, 0.5) is 0 Å². The zero-order valence-corrected chi connectivity index (χ0v) is 15.7. The summed E-state index contributed by atoms with van der Waals surface area (Å²) in [6.07, 6.45) is 1.38. The molecule has 0 radical (unpaired) electrons. The number of carbonyl (C=O) groups is 2. The molecule has 2 amide bonds.